The van der Waals surface area contributed by atoms with Gasteiger partial charge in [0, 0.05) is 30.4 Å². The molecule has 4 rings (SSSR count). The van der Waals surface area contributed by atoms with Crippen molar-refractivity contribution in [3.8, 4) is 17.2 Å². The highest BCUT2D eigenvalue weighted by molar-refractivity contribution is 6.06. The fourth-order valence-corrected chi connectivity index (χ4v) is 4.09. The summed E-state index contributed by atoms with van der Waals surface area (Å²) in [5, 5.41) is 2.90. The molecule has 1 N–H and O–H groups in total. The van der Waals surface area contributed by atoms with Crippen LogP contribution in [0.1, 0.15) is 29.6 Å². The van der Waals surface area contributed by atoms with Crippen LogP contribution in [0.25, 0.3) is 0 Å². The lowest BCUT2D eigenvalue weighted by molar-refractivity contribution is -0.121. The van der Waals surface area contributed by atoms with Crippen LogP contribution in [0.15, 0.2) is 36.4 Å². The number of carbonyl (C=O) groups is 2. The number of rotatable bonds is 7. The summed E-state index contributed by atoms with van der Waals surface area (Å²) < 4.78 is 16.1. The summed E-state index contributed by atoms with van der Waals surface area (Å²) in [5.74, 6) is 1.33. The highest BCUT2D eigenvalue weighted by Crippen LogP contribution is 2.35. The molecule has 8 nitrogen and oxygen atoms in total. The van der Waals surface area contributed by atoms with Crippen molar-refractivity contribution in [1.29, 1.82) is 0 Å². The Morgan fingerprint density at radius 2 is 1.72 bits per heavy atom. The van der Waals surface area contributed by atoms with Crippen molar-refractivity contribution in [2.24, 2.45) is 0 Å². The maximum absolute atomic E-state index is 12.9. The smallest absolute Gasteiger partial charge is 0.265 e. The lowest BCUT2D eigenvalue weighted by Crippen LogP contribution is -2.44. The van der Waals surface area contributed by atoms with Crippen molar-refractivity contribution in [3.63, 3.8) is 0 Å². The summed E-state index contributed by atoms with van der Waals surface area (Å²) in [5.41, 5.74) is 1.67. The number of piperidine rings is 1. The third-order valence-corrected chi connectivity index (χ3v) is 5.86. The molecule has 2 aliphatic rings. The summed E-state index contributed by atoms with van der Waals surface area (Å²) in [4.78, 5) is 29.6. The highest BCUT2D eigenvalue weighted by atomic mass is 16.5. The van der Waals surface area contributed by atoms with Crippen molar-refractivity contribution in [2.45, 2.75) is 19.3 Å². The third kappa shape index (κ3) is 4.96. The molecular formula is C24H29N3O5. The van der Waals surface area contributed by atoms with Crippen molar-refractivity contribution in [1.82, 2.24) is 4.90 Å². The zero-order valence-electron chi connectivity index (χ0n) is 18.6. The number of hydrogen-bond donors (Lipinski definition) is 1. The molecule has 1 saturated heterocycles. The average Bonchev–Trinajstić information content (AvgIpc) is 2.83. The maximum Gasteiger partial charge on any atom is 0.265 e. The number of fused-ring (bicyclic) bond motifs is 1. The van der Waals surface area contributed by atoms with Crippen LogP contribution in [0, 0.1) is 0 Å². The summed E-state index contributed by atoms with van der Waals surface area (Å²) in [7, 11) is 3.07. The summed E-state index contributed by atoms with van der Waals surface area (Å²) in [6.45, 7) is 3.60. The predicted octanol–water partition coefficient (Wildman–Crippen LogP) is 3.17. The molecule has 2 amide bonds. The number of methoxy groups -OCH3 is 2. The summed E-state index contributed by atoms with van der Waals surface area (Å²) >= 11 is 0. The average molecular weight is 440 g/mol. The SMILES string of the molecule is COc1cc(OC)cc(C(=O)Nc2ccc3c(c2)N(CCN2CCCCC2)C(=O)CO3)c1. The van der Waals surface area contributed by atoms with Gasteiger partial charge >= 0.3 is 0 Å². The lowest BCUT2D eigenvalue weighted by atomic mass is 10.1. The molecule has 0 atom stereocenters. The van der Waals surface area contributed by atoms with E-state index in [1.807, 2.05) is 0 Å². The van der Waals surface area contributed by atoms with Gasteiger partial charge in [0.25, 0.3) is 11.8 Å². The standard InChI is InChI=1S/C24H29N3O5/c1-30-19-12-17(13-20(15-19)31-2)24(29)25-18-6-7-22-21(14-18)27(23(28)16-32-22)11-10-26-8-4-3-5-9-26/h6-7,12-15H,3-5,8-11,16H2,1-2H3,(H,25,29). The van der Waals surface area contributed by atoms with Gasteiger partial charge in [0.1, 0.15) is 17.2 Å². The molecule has 1 fully saturated rings. The second kappa shape index (κ2) is 9.91. The summed E-state index contributed by atoms with van der Waals surface area (Å²) in [6.07, 6.45) is 3.69. The second-order valence-corrected chi connectivity index (χ2v) is 7.97. The molecule has 2 aromatic carbocycles. The van der Waals surface area contributed by atoms with Crippen LogP contribution in [0.2, 0.25) is 0 Å². The largest absolute Gasteiger partial charge is 0.497 e. The van der Waals surface area contributed by atoms with Gasteiger partial charge in [0.2, 0.25) is 0 Å². The van der Waals surface area contributed by atoms with Crippen molar-refractivity contribution in [2.75, 3.05) is 57.2 Å². The minimum Gasteiger partial charge on any atom is -0.497 e. The van der Waals surface area contributed by atoms with Crippen molar-refractivity contribution < 1.29 is 23.8 Å². The fraction of sp³-hybridized carbons (Fsp3) is 0.417. The van der Waals surface area contributed by atoms with Gasteiger partial charge < -0.3 is 29.3 Å². The van der Waals surface area contributed by atoms with Crippen LogP contribution < -0.4 is 24.4 Å². The Hall–Kier alpha value is -3.26. The van der Waals surface area contributed by atoms with Gasteiger partial charge in [0.15, 0.2) is 6.61 Å². The molecule has 0 unspecified atom stereocenters. The van der Waals surface area contributed by atoms with Gasteiger partial charge in [-0.25, -0.2) is 0 Å². The Bertz CT molecular complexity index is 965. The number of benzene rings is 2. The number of carbonyl (C=O) groups excluding carboxylic acids is 2. The summed E-state index contributed by atoms with van der Waals surface area (Å²) in [6, 6.07) is 10.3. The monoisotopic (exact) mass is 439 g/mol. The minimum absolute atomic E-state index is 0.0301. The topological polar surface area (TPSA) is 80.3 Å². The van der Waals surface area contributed by atoms with Gasteiger partial charge in [-0.2, -0.15) is 0 Å². The number of hydrogen-bond acceptors (Lipinski definition) is 6. The van der Waals surface area contributed by atoms with Gasteiger partial charge in [-0.15, -0.1) is 0 Å². The molecular weight excluding hydrogens is 410 g/mol. The van der Waals surface area contributed by atoms with Crippen LogP contribution in [-0.4, -0.2) is 63.7 Å². The van der Waals surface area contributed by atoms with Crippen LogP contribution >= 0.6 is 0 Å². The molecule has 2 heterocycles. The fourth-order valence-electron chi connectivity index (χ4n) is 4.09. The molecule has 0 saturated carbocycles. The number of amides is 2. The third-order valence-electron chi connectivity index (χ3n) is 5.86. The van der Waals surface area contributed by atoms with Crippen molar-refractivity contribution >= 4 is 23.2 Å². The Balaban J connectivity index is 1.51. The van der Waals surface area contributed by atoms with E-state index < -0.39 is 0 Å². The van der Waals surface area contributed by atoms with Gasteiger partial charge in [-0.05, 0) is 56.3 Å². The van der Waals surface area contributed by atoms with E-state index in [0.29, 0.717) is 40.7 Å². The van der Waals surface area contributed by atoms with E-state index >= 15 is 0 Å². The molecule has 2 aliphatic heterocycles. The van der Waals surface area contributed by atoms with E-state index in [0.717, 1.165) is 19.6 Å². The molecule has 2 aromatic rings. The highest BCUT2D eigenvalue weighted by Gasteiger charge is 2.26. The Labute approximate surface area is 188 Å². The molecule has 32 heavy (non-hydrogen) atoms. The number of nitrogens with zero attached hydrogens (tertiary/aromatic N) is 2. The quantitative estimate of drug-likeness (QED) is 0.714. The van der Waals surface area contributed by atoms with E-state index in [1.54, 1.807) is 41.3 Å². The van der Waals surface area contributed by atoms with Crippen molar-refractivity contribution in [3.05, 3.63) is 42.0 Å². The first-order valence-electron chi connectivity index (χ1n) is 10.9. The molecule has 0 radical (unpaired) electrons. The van der Waals surface area contributed by atoms with E-state index in [9.17, 15) is 9.59 Å². The molecule has 0 spiro atoms. The maximum atomic E-state index is 12.9. The zero-order chi connectivity index (χ0) is 22.5. The lowest BCUT2D eigenvalue weighted by Gasteiger charge is -2.33. The molecule has 170 valence electrons. The Morgan fingerprint density at radius 1 is 1.00 bits per heavy atom. The number of nitrogens with one attached hydrogen (secondary N) is 1. The normalized spacial score (nSPS) is 16.2. The minimum atomic E-state index is -0.301. The number of anilines is 2. The van der Waals surface area contributed by atoms with E-state index in [1.165, 1.54) is 33.5 Å². The van der Waals surface area contributed by atoms with E-state index in [4.69, 9.17) is 14.2 Å². The second-order valence-electron chi connectivity index (χ2n) is 7.97. The van der Waals surface area contributed by atoms with Gasteiger partial charge in [0.05, 0.1) is 19.9 Å². The number of likely N-dealkylation sites (tertiary alicyclic amines) is 1. The first-order valence-corrected chi connectivity index (χ1v) is 10.9. The van der Waals surface area contributed by atoms with Crippen LogP contribution in [0.5, 0.6) is 17.2 Å². The Kier molecular flexibility index (Phi) is 6.80. The molecule has 0 aliphatic carbocycles. The Morgan fingerprint density at radius 3 is 2.41 bits per heavy atom. The van der Waals surface area contributed by atoms with Crippen LogP contribution in [0.4, 0.5) is 11.4 Å². The van der Waals surface area contributed by atoms with Gasteiger partial charge in [-0.3, -0.25) is 9.59 Å². The molecule has 0 aromatic heterocycles. The number of ether oxygens (including phenoxy) is 3. The van der Waals surface area contributed by atoms with Crippen LogP contribution in [-0.2, 0) is 4.79 Å². The van der Waals surface area contributed by atoms with E-state index in [2.05, 4.69) is 10.2 Å². The predicted molar refractivity (Wildman–Crippen MR) is 122 cm³/mol. The van der Waals surface area contributed by atoms with Crippen LogP contribution in [0.3, 0.4) is 0 Å². The first kappa shape index (κ1) is 22.0. The first-order chi connectivity index (χ1) is 15.6. The molecule has 0 bridgehead atoms. The van der Waals surface area contributed by atoms with E-state index in [-0.39, 0.29) is 18.4 Å². The molecule has 8 heteroatoms. The van der Waals surface area contributed by atoms with Gasteiger partial charge in [-0.1, -0.05) is 6.42 Å². The zero-order valence-corrected chi connectivity index (χ0v) is 18.6.